The molecular weight excluding hydrogens is 246 g/mol. The second-order valence-electron chi connectivity index (χ2n) is 4.90. The zero-order chi connectivity index (χ0) is 13.4. The van der Waals surface area contributed by atoms with Crippen LogP contribution >= 0.6 is 0 Å². The van der Waals surface area contributed by atoms with Crippen molar-refractivity contribution in [2.45, 2.75) is 6.42 Å². The highest BCUT2D eigenvalue weighted by Crippen LogP contribution is 2.25. The van der Waals surface area contributed by atoms with Gasteiger partial charge in [0.15, 0.2) is 0 Å². The standard InChI is InChI=1S/C17H13N3/c1-2-6-12(7-3-1)10-16-17-14(11-18-20-17)13-8-4-5-9-15(13)19-16/h1-9,11H,10H2,(H,18,20). The van der Waals surface area contributed by atoms with E-state index in [9.17, 15) is 0 Å². The maximum absolute atomic E-state index is 4.80. The Kier molecular flexibility index (Phi) is 2.49. The fraction of sp³-hybridized carbons (Fsp3) is 0.0588. The molecule has 0 amide bonds. The molecular formula is C17H13N3. The lowest BCUT2D eigenvalue weighted by atomic mass is 10.1. The lowest BCUT2D eigenvalue weighted by Gasteiger charge is -2.06. The van der Waals surface area contributed by atoms with E-state index in [1.54, 1.807) is 0 Å². The lowest BCUT2D eigenvalue weighted by Crippen LogP contribution is -1.95. The van der Waals surface area contributed by atoms with E-state index in [0.717, 1.165) is 33.9 Å². The molecule has 0 radical (unpaired) electrons. The maximum Gasteiger partial charge on any atom is 0.0875 e. The summed E-state index contributed by atoms with van der Waals surface area (Å²) in [7, 11) is 0. The predicted octanol–water partition coefficient (Wildman–Crippen LogP) is 3.70. The molecule has 0 aliphatic heterocycles. The lowest BCUT2D eigenvalue weighted by molar-refractivity contribution is 1.07. The average molecular weight is 259 g/mol. The van der Waals surface area contributed by atoms with Crippen LogP contribution < -0.4 is 0 Å². The summed E-state index contributed by atoms with van der Waals surface area (Å²) >= 11 is 0. The number of nitrogens with zero attached hydrogens (tertiary/aromatic N) is 2. The zero-order valence-electron chi connectivity index (χ0n) is 10.9. The van der Waals surface area contributed by atoms with Crippen molar-refractivity contribution in [1.29, 1.82) is 0 Å². The topological polar surface area (TPSA) is 41.6 Å². The molecule has 0 unspecified atom stereocenters. The Morgan fingerprint density at radius 3 is 2.55 bits per heavy atom. The van der Waals surface area contributed by atoms with Gasteiger partial charge in [-0.25, -0.2) is 0 Å². The van der Waals surface area contributed by atoms with E-state index in [-0.39, 0.29) is 0 Å². The van der Waals surface area contributed by atoms with Crippen LogP contribution in [0.3, 0.4) is 0 Å². The number of nitrogens with one attached hydrogen (secondary N) is 1. The molecule has 96 valence electrons. The molecule has 20 heavy (non-hydrogen) atoms. The van der Waals surface area contributed by atoms with Crippen LogP contribution in [0.2, 0.25) is 0 Å². The Hall–Kier alpha value is -2.68. The van der Waals surface area contributed by atoms with Gasteiger partial charge in [0.2, 0.25) is 0 Å². The number of aromatic amines is 1. The van der Waals surface area contributed by atoms with Gasteiger partial charge in [-0.3, -0.25) is 10.1 Å². The zero-order valence-corrected chi connectivity index (χ0v) is 10.9. The first-order chi connectivity index (χ1) is 9.92. The number of fused-ring (bicyclic) bond motifs is 3. The van der Waals surface area contributed by atoms with Crippen LogP contribution in [0.15, 0.2) is 60.8 Å². The highest BCUT2D eigenvalue weighted by atomic mass is 15.1. The van der Waals surface area contributed by atoms with Gasteiger partial charge in [0.05, 0.1) is 22.9 Å². The summed E-state index contributed by atoms with van der Waals surface area (Å²) in [5, 5.41) is 9.56. The van der Waals surface area contributed by atoms with Gasteiger partial charge in [-0.2, -0.15) is 5.10 Å². The Balaban J connectivity index is 1.95. The number of hydrogen-bond donors (Lipinski definition) is 1. The largest absolute Gasteiger partial charge is 0.276 e. The first-order valence-corrected chi connectivity index (χ1v) is 6.66. The fourth-order valence-electron chi connectivity index (χ4n) is 2.63. The second kappa shape index (κ2) is 4.46. The number of H-pyrrole nitrogens is 1. The minimum Gasteiger partial charge on any atom is -0.276 e. The van der Waals surface area contributed by atoms with Gasteiger partial charge >= 0.3 is 0 Å². The number of pyridine rings is 1. The van der Waals surface area contributed by atoms with Crippen molar-refractivity contribution in [1.82, 2.24) is 15.2 Å². The highest BCUT2D eigenvalue weighted by molar-refractivity contribution is 6.04. The van der Waals surface area contributed by atoms with Gasteiger partial charge in [0, 0.05) is 17.2 Å². The molecule has 0 aliphatic rings. The van der Waals surface area contributed by atoms with Gasteiger partial charge < -0.3 is 0 Å². The molecule has 4 rings (SSSR count). The summed E-state index contributed by atoms with van der Waals surface area (Å²) in [6.45, 7) is 0. The molecule has 3 nitrogen and oxygen atoms in total. The Morgan fingerprint density at radius 1 is 0.850 bits per heavy atom. The Labute approximate surface area is 116 Å². The first kappa shape index (κ1) is 11.2. The molecule has 2 aromatic carbocycles. The molecule has 4 aromatic rings. The Bertz CT molecular complexity index is 878. The van der Waals surface area contributed by atoms with E-state index < -0.39 is 0 Å². The van der Waals surface area contributed by atoms with Gasteiger partial charge in [-0.15, -0.1) is 0 Å². The molecule has 2 heterocycles. The molecule has 1 N–H and O–H groups in total. The van der Waals surface area contributed by atoms with Crippen LogP contribution in [0, 0.1) is 0 Å². The van der Waals surface area contributed by atoms with E-state index in [2.05, 4.69) is 46.6 Å². The van der Waals surface area contributed by atoms with Crippen molar-refractivity contribution in [3.63, 3.8) is 0 Å². The van der Waals surface area contributed by atoms with E-state index in [1.807, 2.05) is 24.4 Å². The molecule has 0 saturated heterocycles. The third-order valence-corrected chi connectivity index (χ3v) is 3.59. The summed E-state index contributed by atoms with van der Waals surface area (Å²) in [6.07, 6.45) is 2.69. The van der Waals surface area contributed by atoms with Crippen LogP contribution in [0.25, 0.3) is 21.8 Å². The number of hydrogen-bond acceptors (Lipinski definition) is 2. The van der Waals surface area contributed by atoms with E-state index in [0.29, 0.717) is 0 Å². The van der Waals surface area contributed by atoms with Crippen molar-refractivity contribution in [3.8, 4) is 0 Å². The molecule has 0 atom stereocenters. The second-order valence-corrected chi connectivity index (χ2v) is 4.90. The number of para-hydroxylation sites is 1. The average Bonchev–Trinajstić information content (AvgIpc) is 2.98. The monoisotopic (exact) mass is 259 g/mol. The van der Waals surface area contributed by atoms with E-state index >= 15 is 0 Å². The van der Waals surface area contributed by atoms with Crippen LogP contribution in [0.5, 0.6) is 0 Å². The van der Waals surface area contributed by atoms with Crippen molar-refractivity contribution in [2.24, 2.45) is 0 Å². The van der Waals surface area contributed by atoms with Crippen molar-refractivity contribution >= 4 is 21.8 Å². The van der Waals surface area contributed by atoms with Gasteiger partial charge in [0.25, 0.3) is 0 Å². The molecule has 2 aromatic heterocycles. The molecule has 0 saturated carbocycles. The normalized spacial score (nSPS) is 11.2. The maximum atomic E-state index is 4.80. The minimum atomic E-state index is 0.810. The van der Waals surface area contributed by atoms with Crippen LogP contribution in [-0.4, -0.2) is 15.2 Å². The van der Waals surface area contributed by atoms with Crippen LogP contribution in [0.4, 0.5) is 0 Å². The number of rotatable bonds is 2. The third kappa shape index (κ3) is 1.75. The molecule has 0 aliphatic carbocycles. The fourth-order valence-corrected chi connectivity index (χ4v) is 2.63. The molecule has 0 bridgehead atoms. The smallest absolute Gasteiger partial charge is 0.0875 e. The Morgan fingerprint density at radius 2 is 1.65 bits per heavy atom. The van der Waals surface area contributed by atoms with E-state index in [1.165, 1.54) is 5.56 Å². The summed E-state index contributed by atoms with van der Waals surface area (Å²) in [4.78, 5) is 4.80. The first-order valence-electron chi connectivity index (χ1n) is 6.66. The predicted molar refractivity (Wildman–Crippen MR) is 80.6 cm³/mol. The summed E-state index contributed by atoms with van der Waals surface area (Å²) in [5.74, 6) is 0. The van der Waals surface area contributed by atoms with E-state index in [4.69, 9.17) is 4.98 Å². The summed E-state index contributed by atoms with van der Waals surface area (Å²) < 4.78 is 0. The minimum absolute atomic E-state index is 0.810. The quantitative estimate of drug-likeness (QED) is 0.596. The van der Waals surface area contributed by atoms with Gasteiger partial charge in [-0.05, 0) is 11.6 Å². The number of benzene rings is 2. The van der Waals surface area contributed by atoms with Crippen LogP contribution in [0.1, 0.15) is 11.3 Å². The summed E-state index contributed by atoms with van der Waals surface area (Å²) in [6, 6.07) is 18.6. The molecule has 0 fully saturated rings. The van der Waals surface area contributed by atoms with Gasteiger partial charge in [-0.1, -0.05) is 48.5 Å². The van der Waals surface area contributed by atoms with Crippen molar-refractivity contribution < 1.29 is 0 Å². The molecule has 0 spiro atoms. The van der Waals surface area contributed by atoms with Gasteiger partial charge in [0.1, 0.15) is 0 Å². The van der Waals surface area contributed by atoms with Crippen LogP contribution in [-0.2, 0) is 6.42 Å². The van der Waals surface area contributed by atoms with Crippen molar-refractivity contribution in [3.05, 3.63) is 72.1 Å². The highest BCUT2D eigenvalue weighted by Gasteiger charge is 2.10. The van der Waals surface area contributed by atoms with Crippen molar-refractivity contribution in [2.75, 3.05) is 0 Å². The number of aromatic nitrogens is 3. The SMILES string of the molecule is c1ccc(Cc2nc3ccccc3c3cn[nH]c23)cc1. The third-order valence-electron chi connectivity index (χ3n) is 3.59. The molecule has 3 heteroatoms. The summed E-state index contributed by atoms with van der Waals surface area (Å²) in [5.41, 5.74) is 4.36.